The van der Waals surface area contributed by atoms with E-state index in [0.717, 1.165) is 0 Å². The number of methoxy groups -OCH3 is 1. The molecule has 0 aliphatic carbocycles. The van der Waals surface area contributed by atoms with Crippen LogP contribution in [-0.4, -0.2) is 30.8 Å². The maximum Gasteiger partial charge on any atom is 0.384 e. The summed E-state index contributed by atoms with van der Waals surface area (Å²) in [5.74, 6) is 3.84. The number of hydrogen-bond donors (Lipinski definition) is 1. The van der Waals surface area contributed by atoms with Crippen LogP contribution in [0.15, 0.2) is 18.2 Å². The van der Waals surface area contributed by atoms with E-state index in [2.05, 4.69) is 16.6 Å². The van der Waals surface area contributed by atoms with E-state index in [-0.39, 0.29) is 13.0 Å². The second kappa shape index (κ2) is 7.07. The summed E-state index contributed by atoms with van der Waals surface area (Å²) in [6.45, 7) is 1.96. The van der Waals surface area contributed by atoms with Gasteiger partial charge < -0.3 is 14.6 Å². The van der Waals surface area contributed by atoms with Crippen molar-refractivity contribution in [2.24, 2.45) is 0 Å². The molecule has 0 aromatic heterocycles. The summed E-state index contributed by atoms with van der Waals surface area (Å²) in [7, 11) is 1.46. The molecule has 1 aromatic carbocycles. The molecular formula is C14H14O5. The van der Waals surface area contributed by atoms with Gasteiger partial charge in [-0.1, -0.05) is 5.92 Å². The van der Waals surface area contributed by atoms with Gasteiger partial charge in [-0.3, -0.25) is 4.79 Å². The zero-order chi connectivity index (χ0) is 14.3. The minimum atomic E-state index is -0.964. The van der Waals surface area contributed by atoms with Crippen molar-refractivity contribution in [3.63, 3.8) is 0 Å². The number of hydrogen-bond acceptors (Lipinski definition) is 4. The normalized spacial score (nSPS) is 9.16. The molecule has 0 fully saturated rings. The zero-order valence-corrected chi connectivity index (χ0v) is 10.7. The number of carbonyl (C=O) groups is 2. The minimum Gasteiger partial charge on any atom is -0.496 e. The molecule has 19 heavy (non-hydrogen) atoms. The molecule has 0 atom stereocenters. The standard InChI is InChI=1S/C14H14O5/c1-3-19-14(17)7-5-10-4-6-12(18-2)11(8-10)9-13(15)16/h4,6,8H,3,9H2,1-2H3,(H,15,16). The fourth-order valence-electron chi connectivity index (χ4n) is 1.45. The largest absolute Gasteiger partial charge is 0.496 e. The average Bonchev–Trinajstić information content (AvgIpc) is 2.36. The van der Waals surface area contributed by atoms with Crippen molar-refractivity contribution in [3.05, 3.63) is 29.3 Å². The lowest BCUT2D eigenvalue weighted by atomic mass is 10.1. The molecule has 1 aromatic rings. The maximum absolute atomic E-state index is 11.1. The van der Waals surface area contributed by atoms with Gasteiger partial charge in [-0.25, -0.2) is 4.79 Å². The van der Waals surface area contributed by atoms with Gasteiger partial charge in [0.1, 0.15) is 5.75 Å². The van der Waals surface area contributed by atoms with Gasteiger partial charge in [0.05, 0.1) is 20.1 Å². The Kier molecular flexibility index (Phi) is 5.42. The van der Waals surface area contributed by atoms with Crippen LogP contribution in [0, 0.1) is 11.8 Å². The van der Waals surface area contributed by atoms with Gasteiger partial charge in [0.25, 0.3) is 0 Å². The van der Waals surface area contributed by atoms with Crippen molar-refractivity contribution in [2.75, 3.05) is 13.7 Å². The number of aliphatic carboxylic acids is 1. The van der Waals surface area contributed by atoms with Crippen molar-refractivity contribution >= 4 is 11.9 Å². The van der Waals surface area contributed by atoms with Gasteiger partial charge in [-0.2, -0.15) is 0 Å². The Morgan fingerprint density at radius 2 is 2.11 bits per heavy atom. The smallest absolute Gasteiger partial charge is 0.384 e. The molecule has 1 rings (SSSR count). The lowest BCUT2D eigenvalue weighted by Crippen LogP contribution is -2.03. The van der Waals surface area contributed by atoms with Gasteiger partial charge in [-0.05, 0) is 25.1 Å². The summed E-state index contributed by atoms with van der Waals surface area (Å²) < 4.78 is 9.73. The molecule has 0 aliphatic heterocycles. The number of ether oxygens (including phenoxy) is 2. The molecule has 5 heteroatoms. The van der Waals surface area contributed by atoms with Gasteiger partial charge in [0.2, 0.25) is 0 Å². The van der Waals surface area contributed by atoms with E-state index in [0.29, 0.717) is 16.9 Å². The molecule has 0 radical (unpaired) electrons. The van der Waals surface area contributed by atoms with Crippen LogP contribution in [0.3, 0.4) is 0 Å². The first-order chi connectivity index (χ1) is 9.06. The summed E-state index contributed by atoms with van der Waals surface area (Å²) in [5.41, 5.74) is 1.04. The second-order valence-electron chi connectivity index (χ2n) is 3.57. The topological polar surface area (TPSA) is 72.8 Å². The van der Waals surface area contributed by atoms with Crippen LogP contribution in [0.1, 0.15) is 18.1 Å². The molecule has 0 spiro atoms. The Bertz CT molecular complexity index is 537. The third kappa shape index (κ3) is 4.72. The first kappa shape index (κ1) is 14.6. The Morgan fingerprint density at radius 1 is 1.37 bits per heavy atom. The predicted molar refractivity (Wildman–Crippen MR) is 67.8 cm³/mol. The Hall–Kier alpha value is -2.48. The number of carboxylic acid groups (broad SMARTS) is 1. The molecule has 0 heterocycles. The molecule has 0 saturated carbocycles. The molecule has 0 unspecified atom stereocenters. The van der Waals surface area contributed by atoms with Gasteiger partial charge in [0.15, 0.2) is 0 Å². The van der Waals surface area contributed by atoms with Gasteiger partial charge in [0, 0.05) is 17.0 Å². The van der Waals surface area contributed by atoms with E-state index in [4.69, 9.17) is 9.84 Å². The van der Waals surface area contributed by atoms with Crippen molar-refractivity contribution in [1.82, 2.24) is 0 Å². The van der Waals surface area contributed by atoms with E-state index in [1.54, 1.807) is 25.1 Å². The summed E-state index contributed by atoms with van der Waals surface area (Å²) >= 11 is 0. The molecule has 5 nitrogen and oxygen atoms in total. The van der Waals surface area contributed by atoms with Crippen molar-refractivity contribution < 1.29 is 24.2 Å². The van der Waals surface area contributed by atoms with Crippen molar-refractivity contribution in [3.8, 4) is 17.6 Å². The van der Waals surface area contributed by atoms with Crippen molar-refractivity contribution in [1.29, 1.82) is 0 Å². The second-order valence-corrected chi connectivity index (χ2v) is 3.57. The fourth-order valence-corrected chi connectivity index (χ4v) is 1.45. The van der Waals surface area contributed by atoms with Crippen molar-refractivity contribution in [2.45, 2.75) is 13.3 Å². The zero-order valence-electron chi connectivity index (χ0n) is 10.7. The molecule has 100 valence electrons. The Balaban J connectivity index is 2.97. The summed E-state index contributed by atoms with van der Waals surface area (Å²) in [4.78, 5) is 21.8. The van der Waals surface area contributed by atoms with Crippen LogP contribution < -0.4 is 4.74 Å². The lowest BCUT2D eigenvalue weighted by Gasteiger charge is -2.06. The van der Waals surface area contributed by atoms with Gasteiger partial charge in [-0.15, -0.1) is 0 Å². The van der Waals surface area contributed by atoms with Crippen LogP contribution >= 0.6 is 0 Å². The highest BCUT2D eigenvalue weighted by atomic mass is 16.5. The maximum atomic E-state index is 11.1. The molecule has 0 saturated heterocycles. The van der Waals surface area contributed by atoms with Crippen LogP contribution in [0.5, 0.6) is 5.75 Å². The molecule has 1 N–H and O–H groups in total. The SMILES string of the molecule is CCOC(=O)C#Cc1ccc(OC)c(CC(=O)O)c1. The number of rotatable bonds is 4. The van der Waals surface area contributed by atoms with E-state index in [9.17, 15) is 9.59 Å². The molecule has 0 bridgehead atoms. The van der Waals surface area contributed by atoms with E-state index >= 15 is 0 Å². The number of carbonyl (C=O) groups excluding carboxylic acids is 1. The first-order valence-corrected chi connectivity index (χ1v) is 5.64. The Morgan fingerprint density at radius 3 is 2.68 bits per heavy atom. The summed E-state index contributed by atoms with van der Waals surface area (Å²) in [5, 5.41) is 8.80. The quantitative estimate of drug-likeness (QED) is 0.652. The fraction of sp³-hybridized carbons (Fsp3) is 0.286. The van der Waals surface area contributed by atoms with Crippen LogP contribution in [0.4, 0.5) is 0 Å². The summed E-state index contributed by atoms with van der Waals surface area (Å²) in [6.07, 6.45) is -0.169. The van der Waals surface area contributed by atoms with Crippen LogP contribution in [0.25, 0.3) is 0 Å². The minimum absolute atomic E-state index is 0.169. The van der Waals surface area contributed by atoms with E-state index < -0.39 is 11.9 Å². The molecule has 0 amide bonds. The number of carboxylic acids is 1. The van der Waals surface area contributed by atoms with E-state index in [1.807, 2.05) is 0 Å². The average molecular weight is 262 g/mol. The van der Waals surface area contributed by atoms with Crippen LogP contribution in [-0.2, 0) is 20.7 Å². The third-order valence-corrected chi connectivity index (χ3v) is 2.21. The lowest BCUT2D eigenvalue weighted by molar-refractivity contribution is -0.137. The molecular weight excluding hydrogens is 248 g/mol. The third-order valence-electron chi connectivity index (χ3n) is 2.21. The molecule has 0 aliphatic rings. The number of benzene rings is 1. The predicted octanol–water partition coefficient (Wildman–Crippen LogP) is 1.24. The highest BCUT2D eigenvalue weighted by Gasteiger charge is 2.08. The highest BCUT2D eigenvalue weighted by molar-refractivity contribution is 5.89. The van der Waals surface area contributed by atoms with Crippen LogP contribution in [0.2, 0.25) is 0 Å². The van der Waals surface area contributed by atoms with Gasteiger partial charge >= 0.3 is 11.9 Å². The first-order valence-electron chi connectivity index (χ1n) is 5.64. The number of esters is 1. The highest BCUT2D eigenvalue weighted by Crippen LogP contribution is 2.20. The Labute approximate surface area is 111 Å². The monoisotopic (exact) mass is 262 g/mol. The summed E-state index contributed by atoms with van der Waals surface area (Å²) in [6, 6.07) is 4.85. The van der Waals surface area contributed by atoms with E-state index in [1.165, 1.54) is 7.11 Å².